The van der Waals surface area contributed by atoms with Gasteiger partial charge in [-0.3, -0.25) is 0 Å². The summed E-state index contributed by atoms with van der Waals surface area (Å²) in [4.78, 5) is 16.0. The van der Waals surface area contributed by atoms with Crippen molar-refractivity contribution in [3.63, 3.8) is 0 Å². The van der Waals surface area contributed by atoms with Gasteiger partial charge in [0.25, 0.3) is 0 Å². The fourth-order valence-electron chi connectivity index (χ4n) is 2.72. The van der Waals surface area contributed by atoms with E-state index < -0.39 is 5.60 Å². The molecule has 1 aromatic rings. The molecule has 0 radical (unpaired) electrons. The first kappa shape index (κ1) is 15.3. The molecule has 1 saturated heterocycles. The van der Waals surface area contributed by atoms with Gasteiger partial charge in [0.05, 0.1) is 18.3 Å². The Bertz CT molecular complexity index is 579. The van der Waals surface area contributed by atoms with Gasteiger partial charge in [-0.1, -0.05) is 11.6 Å². The SMILES string of the molecule is CC(C)(C)OC(=O)N1CC(N2CCOc3cc(Cl)ccc32)C1. The third-order valence-corrected chi connectivity index (χ3v) is 4.01. The van der Waals surface area contributed by atoms with E-state index in [-0.39, 0.29) is 6.09 Å². The molecule has 1 fully saturated rings. The Balaban J connectivity index is 1.64. The molecule has 2 aliphatic rings. The minimum Gasteiger partial charge on any atom is -0.490 e. The molecule has 120 valence electrons. The first-order chi connectivity index (χ1) is 10.3. The van der Waals surface area contributed by atoms with Crippen molar-refractivity contribution in [1.82, 2.24) is 4.90 Å². The Morgan fingerprint density at radius 2 is 2.09 bits per heavy atom. The molecule has 2 heterocycles. The molecular formula is C16H21ClN2O3. The highest BCUT2D eigenvalue weighted by Crippen LogP contribution is 2.36. The van der Waals surface area contributed by atoms with Crippen molar-refractivity contribution < 1.29 is 14.3 Å². The van der Waals surface area contributed by atoms with Crippen LogP contribution in [0.5, 0.6) is 5.75 Å². The van der Waals surface area contributed by atoms with Gasteiger partial charge in [0.2, 0.25) is 0 Å². The standard InChI is InChI=1S/C16H21ClN2O3/c1-16(2,3)22-15(20)18-9-12(10-18)19-6-7-21-14-8-11(17)4-5-13(14)19/h4-5,8,12H,6-7,9-10H2,1-3H3. The van der Waals surface area contributed by atoms with Crippen LogP contribution in [0, 0.1) is 0 Å². The monoisotopic (exact) mass is 324 g/mol. The second kappa shape index (κ2) is 5.54. The minimum atomic E-state index is -0.454. The summed E-state index contributed by atoms with van der Waals surface area (Å²) in [6.45, 7) is 8.45. The average Bonchev–Trinajstić information content (AvgIpc) is 2.34. The van der Waals surface area contributed by atoms with E-state index >= 15 is 0 Å². The number of benzene rings is 1. The predicted molar refractivity (Wildman–Crippen MR) is 85.9 cm³/mol. The minimum absolute atomic E-state index is 0.242. The van der Waals surface area contributed by atoms with Crippen LogP contribution in [0.15, 0.2) is 18.2 Å². The van der Waals surface area contributed by atoms with Crippen LogP contribution >= 0.6 is 11.6 Å². The number of hydrogen-bond donors (Lipinski definition) is 0. The van der Waals surface area contributed by atoms with E-state index in [1.807, 2.05) is 39.0 Å². The van der Waals surface area contributed by atoms with Crippen molar-refractivity contribution in [3.05, 3.63) is 23.2 Å². The quantitative estimate of drug-likeness (QED) is 0.796. The van der Waals surface area contributed by atoms with Crippen LogP contribution in [0.3, 0.4) is 0 Å². The average molecular weight is 325 g/mol. The molecule has 22 heavy (non-hydrogen) atoms. The lowest BCUT2D eigenvalue weighted by molar-refractivity contribution is 0.00771. The lowest BCUT2D eigenvalue weighted by atomic mass is 10.1. The summed E-state index contributed by atoms with van der Waals surface area (Å²) in [5.74, 6) is 0.814. The van der Waals surface area contributed by atoms with Crippen molar-refractivity contribution in [2.75, 3.05) is 31.1 Å². The molecule has 0 N–H and O–H groups in total. The lowest BCUT2D eigenvalue weighted by Gasteiger charge is -2.47. The number of carbonyl (C=O) groups excluding carboxylic acids is 1. The summed E-state index contributed by atoms with van der Waals surface area (Å²) in [7, 11) is 0. The number of amides is 1. The number of nitrogens with zero attached hydrogens (tertiary/aromatic N) is 2. The maximum absolute atomic E-state index is 12.0. The third-order valence-electron chi connectivity index (χ3n) is 3.78. The number of ether oxygens (including phenoxy) is 2. The Kier molecular flexibility index (Phi) is 3.85. The summed E-state index contributed by atoms with van der Waals surface area (Å²) in [6, 6.07) is 5.99. The van der Waals surface area contributed by atoms with E-state index in [2.05, 4.69) is 4.90 Å². The summed E-state index contributed by atoms with van der Waals surface area (Å²) in [5.41, 5.74) is 0.592. The molecule has 3 rings (SSSR count). The third kappa shape index (κ3) is 3.09. The highest BCUT2D eigenvalue weighted by molar-refractivity contribution is 6.30. The Hall–Kier alpha value is -1.62. The summed E-state index contributed by atoms with van der Waals surface area (Å²) in [6.07, 6.45) is -0.242. The second-order valence-corrected chi connectivity index (χ2v) is 7.13. The largest absolute Gasteiger partial charge is 0.490 e. The van der Waals surface area contributed by atoms with Gasteiger partial charge in [-0.15, -0.1) is 0 Å². The molecule has 1 amide bonds. The molecule has 0 bridgehead atoms. The zero-order chi connectivity index (χ0) is 15.9. The molecule has 0 aromatic heterocycles. The number of anilines is 1. The first-order valence-electron chi connectivity index (χ1n) is 7.50. The Morgan fingerprint density at radius 1 is 1.36 bits per heavy atom. The van der Waals surface area contributed by atoms with E-state index in [0.29, 0.717) is 30.8 Å². The fourth-order valence-corrected chi connectivity index (χ4v) is 2.88. The number of carbonyl (C=O) groups is 1. The predicted octanol–water partition coefficient (Wildman–Crippen LogP) is 3.16. The summed E-state index contributed by atoms with van der Waals surface area (Å²) in [5, 5.41) is 0.671. The van der Waals surface area contributed by atoms with Crippen molar-refractivity contribution in [1.29, 1.82) is 0 Å². The smallest absolute Gasteiger partial charge is 0.410 e. The molecule has 0 atom stereocenters. The van der Waals surface area contributed by atoms with Crippen molar-refractivity contribution in [2.24, 2.45) is 0 Å². The van der Waals surface area contributed by atoms with Gasteiger partial charge in [-0.2, -0.15) is 0 Å². The van der Waals surface area contributed by atoms with Crippen LogP contribution in [0.2, 0.25) is 5.02 Å². The van der Waals surface area contributed by atoms with Gasteiger partial charge in [0.1, 0.15) is 18.0 Å². The molecule has 1 aromatic carbocycles. The normalized spacial score (nSPS) is 18.4. The number of fused-ring (bicyclic) bond motifs is 1. The number of likely N-dealkylation sites (tertiary alicyclic amines) is 1. The van der Waals surface area contributed by atoms with Gasteiger partial charge < -0.3 is 19.3 Å². The number of halogens is 1. The summed E-state index contributed by atoms with van der Waals surface area (Å²) < 4.78 is 11.1. The van der Waals surface area contributed by atoms with Crippen molar-refractivity contribution in [2.45, 2.75) is 32.4 Å². The molecule has 0 spiro atoms. The van der Waals surface area contributed by atoms with Crippen LogP contribution in [-0.2, 0) is 4.74 Å². The van der Waals surface area contributed by atoms with E-state index in [1.165, 1.54) is 0 Å². The van der Waals surface area contributed by atoms with E-state index in [9.17, 15) is 4.79 Å². The molecule has 0 unspecified atom stereocenters. The summed E-state index contributed by atoms with van der Waals surface area (Å²) >= 11 is 6.01. The number of rotatable bonds is 1. The molecular weight excluding hydrogens is 304 g/mol. The first-order valence-corrected chi connectivity index (χ1v) is 7.88. The van der Waals surface area contributed by atoms with Crippen LogP contribution in [0.4, 0.5) is 10.5 Å². The second-order valence-electron chi connectivity index (χ2n) is 6.69. The van der Waals surface area contributed by atoms with Crippen LogP contribution < -0.4 is 9.64 Å². The lowest BCUT2D eigenvalue weighted by Crippen LogP contribution is -2.63. The maximum atomic E-state index is 12.0. The zero-order valence-electron chi connectivity index (χ0n) is 13.1. The Morgan fingerprint density at radius 3 is 2.77 bits per heavy atom. The van der Waals surface area contributed by atoms with E-state index in [0.717, 1.165) is 18.0 Å². The van der Waals surface area contributed by atoms with E-state index in [4.69, 9.17) is 21.1 Å². The van der Waals surface area contributed by atoms with Gasteiger partial charge in [0, 0.05) is 24.2 Å². The molecule has 5 nitrogen and oxygen atoms in total. The van der Waals surface area contributed by atoms with Crippen molar-refractivity contribution in [3.8, 4) is 5.75 Å². The fraction of sp³-hybridized carbons (Fsp3) is 0.562. The zero-order valence-corrected chi connectivity index (χ0v) is 13.9. The van der Waals surface area contributed by atoms with Crippen molar-refractivity contribution >= 4 is 23.4 Å². The molecule has 0 saturated carbocycles. The van der Waals surface area contributed by atoms with Crippen LogP contribution in [0.25, 0.3) is 0 Å². The highest BCUT2D eigenvalue weighted by atomic mass is 35.5. The topological polar surface area (TPSA) is 42.0 Å². The number of hydrogen-bond acceptors (Lipinski definition) is 4. The maximum Gasteiger partial charge on any atom is 0.410 e. The van der Waals surface area contributed by atoms with Crippen LogP contribution in [0.1, 0.15) is 20.8 Å². The van der Waals surface area contributed by atoms with Gasteiger partial charge in [-0.25, -0.2) is 4.79 Å². The van der Waals surface area contributed by atoms with Gasteiger partial charge >= 0.3 is 6.09 Å². The highest BCUT2D eigenvalue weighted by Gasteiger charge is 2.38. The Labute approximate surface area is 135 Å². The van der Waals surface area contributed by atoms with Crippen LogP contribution in [-0.4, -0.2) is 48.9 Å². The van der Waals surface area contributed by atoms with E-state index in [1.54, 1.807) is 4.90 Å². The van der Waals surface area contributed by atoms with Gasteiger partial charge in [-0.05, 0) is 32.9 Å². The molecule has 0 aliphatic carbocycles. The van der Waals surface area contributed by atoms with Gasteiger partial charge in [0.15, 0.2) is 0 Å². The molecule has 2 aliphatic heterocycles. The molecule has 6 heteroatoms.